The SMILES string of the molecule is COc1cc(C)ccc1C(O)C1CCCC(C)C1. The lowest BCUT2D eigenvalue weighted by molar-refractivity contribution is 0.0693. The van der Waals surface area contributed by atoms with Crippen LogP contribution in [0.1, 0.15) is 49.8 Å². The van der Waals surface area contributed by atoms with Crippen LogP contribution < -0.4 is 4.74 Å². The molecule has 2 heteroatoms. The topological polar surface area (TPSA) is 29.5 Å². The van der Waals surface area contributed by atoms with E-state index < -0.39 is 0 Å². The first-order valence-corrected chi connectivity index (χ1v) is 6.94. The highest BCUT2D eigenvalue weighted by Crippen LogP contribution is 2.39. The second-order valence-corrected chi connectivity index (χ2v) is 5.72. The zero-order valence-corrected chi connectivity index (χ0v) is 11.6. The second kappa shape index (κ2) is 5.75. The monoisotopic (exact) mass is 248 g/mol. The minimum atomic E-state index is -0.386. The summed E-state index contributed by atoms with van der Waals surface area (Å²) in [5.41, 5.74) is 2.11. The van der Waals surface area contributed by atoms with E-state index in [1.165, 1.54) is 18.4 Å². The van der Waals surface area contributed by atoms with Crippen molar-refractivity contribution in [3.05, 3.63) is 29.3 Å². The van der Waals surface area contributed by atoms with Crippen molar-refractivity contribution in [3.63, 3.8) is 0 Å². The minimum Gasteiger partial charge on any atom is -0.496 e. The number of ether oxygens (including phenoxy) is 1. The number of aliphatic hydroxyl groups excluding tert-OH is 1. The Kier molecular flexibility index (Phi) is 4.28. The molecule has 0 heterocycles. The van der Waals surface area contributed by atoms with Crippen molar-refractivity contribution >= 4 is 0 Å². The molecule has 0 saturated heterocycles. The largest absolute Gasteiger partial charge is 0.496 e. The molecule has 0 bridgehead atoms. The fourth-order valence-electron chi connectivity index (χ4n) is 3.08. The van der Waals surface area contributed by atoms with Crippen LogP contribution in [0.5, 0.6) is 5.75 Å². The standard InChI is InChI=1S/C16H24O2/c1-11-5-4-6-13(9-11)16(17)14-8-7-12(2)10-15(14)18-3/h7-8,10-11,13,16-17H,4-6,9H2,1-3H3. The molecule has 1 aromatic carbocycles. The Morgan fingerprint density at radius 2 is 2.11 bits per heavy atom. The molecule has 1 aromatic rings. The molecule has 3 atom stereocenters. The van der Waals surface area contributed by atoms with Gasteiger partial charge in [0.15, 0.2) is 0 Å². The summed E-state index contributed by atoms with van der Waals surface area (Å²) in [5.74, 6) is 1.93. The van der Waals surface area contributed by atoms with Crippen LogP contribution in [0.25, 0.3) is 0 Å². The second-order valence-electron chi connectivity index (χ2n) is 5.72. The molecule has 3 unspecified atom stereocenters. The molecule has 18 heavy (non-hydrogen) atoms. The average molecular weight is 248 g/mol. The van der Waals surface area contributed by atoms with Crippen LogP contribution in [0, 0.1) is 18.8 Å². The van der Waals surface area contributed by atoms with E-state index in [9.17, 15) is 5.11 Å². The van der Waals surface area contributed by atoms with Crippen LogP contribution in [0.15, 0.2) is 18.2 Å². The maximum absolute atomic E-state index is 10.6. The zero-order valence-electron chi connectivity index (χ0n) is 11.6. The number of methoxy groups -OCH3 is 1. The van der Waals surface area contributed by atoms with Gasteiger partial charge in [0, 0.05) is 5.56 Å². The third-order valence-corrected chi connectivity index (χ3v) is 4.13. The first-order chi connectivity index (χ1) is 8.61. The molecule has 0 aliphatic heterocycles. The van der Waals surface area contributed by atoms with E-state index in [2.05, 4.69) is 6.92 Å². The van der Waals surface area contributed by atoms with Gasteiger partial charge in [-0.05, 0) is 43.2 Å². The van der Waals surface area contributed by atoms with Crippen LogP contribution in [0.4, 0.5) is 0 Å². The minimum absolute atomic E-state index is 0.380. The highest BCUT2D eigenvalue weighted by atomic mass is 16.5. The Balaban J connectivity index is 2.19. The summed E-state index contributed by atoms with van der Waals surface area (Å²) in [6, 6.07) is 6.07. The molecule has 1 fully saturated rings. The van der Waals surface area contributed by atoms with Crippen molar-refractivity contribution in [2.24, 2.45) is 11.8 Å². The van der Waals surface area contributed by atoms with Crippen LogP contribution in [-0.4, -0.2) is 12.2 Å². The van der Waals surface area contributed by atoms with Gasteiger partial charge >= 0.3 is 0 Å². The van der Waals surface area contributed by atoms with Crippen molar-refractivity contribution < 1.29 is 9.84 Å². The van der Waals surface area contributed by atoms with Crippen LogP contribution in [0.3, 0.4) is 0 Å². The van der Waals surface area contributed by atoms with Gasteiger partial charge in [0.2, 0.25) is 0 Å². The normalized spacial score (nSPS) is 25.8. The lowest BCUT2D eigenvalue weighted by atomic mass is 9.77. The third kappa shape index (κ3) is 2.86. The summed E-state index contributed by atoms with van der Waals surface area (Å²) in [4.78, 5) is 0. The first-order valence-electron chi connectivity index (χ1n) is 6.94. The maximum atomic E-state index is 10.6. The lowest BCUT2D eigenvalue weighted by Crippen LogP contribution is -2.20. The Hall–Kier alpha value is -1.02. The van der Waals surface area contributed by atoms with Gasteiger partial charge in [-0.1, -0.05) is 31.9 Å². The van der Waals surface area contributed by atoms with E-state index in [0.717, 1.165) is 30.1 Å². The van der Waals surface area contributed by atoms with Gasteiger partial charge in [0.25, 0.3) is 0 Å². The number of aryl methyl sites for hydroxylation is 1. The quantitative estimate of drug-likeness (QED) is 0.880. The average Bonchev–Trinajstić information content (AvgIpc) is 2.37. The Labute approximate surface area is 110 Å². The summed E-state index contributed by atoms with van der Waals surface area (Å²) in [5, 5.41) is 10.6. The summed E-state index contributed by atoms with van der Waals surface area (Å²) in [6.45, 7) is 4.33. The number of benzene rings is 1. The van der Waals surface area contributed by atoms with E-state index >= 15 is 0 Å². The number of hydrogen-bond donors (Lipinski definition) is 1. The highest BCUT2D eigenvalue weighted by Gasteiger charge is 2.28. The Morgan fingerprint density at radius 1 is 1.33 bits per heavy atom. The molecule has 1 aliphatic carbocycles. The van der Waals surface area contributed by atoms with Gasteiger partial charge in [0.05, 0.1) is 13.2 Å². The van der Waals surface area contributed by atoms with E-state index in [1.807, 2.05) is 25.1 Å². The van der Waals surface area contributed by atoms with Crippen LogP contribution in [-0.2, 0) is 0 Å². The maximum Gasteiger partial charge on any atom is 0.124 e. The first kappa shape index (κ1) is 13.4. The van der Waals surface area contributed by atoms with Crippen molar-refractivity contribution in [3.8, 4) is 5.75 Å². The molecule has 0 spiro atoms. The molecule has 1 N–H and O–H groups in total. The van der Waals surface area contributed by atoms with Crippen molar-refractivity contribution in [1.29, 1.82) is 0 Å². The predicted octanol–water partition coefficient (Wildman–Crippen LogP) is 3.86. The molecule has 1 saturated carbocycles. The van der Waals surface area contributed by atoms with E-state index in [1.54, 1.807) is 7.11 Å². The smallest absolute Gasteiger partial charge is 0.124 e. The van der Waals surface area contributed by atoms with Gasteiger partial charge in [-0.25, -0.2) is 0 Å². The summed E-state index contributed by atoms with van der Waals surface area (Å²) < 4.78 is 5.40. The number of hydrogen-bond acceptors (Lipinski definition) is 2. The summed E-state index contributed by atoms with van der Waals surface area (Å²) in [6.07, 6.45) is 4.40. The van der Waals surface area contributed by atoms with Crippen molar-refractivity contribution in [1.82, 2.24) is 0 Å². The van der Waals surface area contributed by atoms with Gasteiger partial charge in [-0.3, -0.25) is 0 Å². The molecule has 2 rings (SSSR count). The highest BCUT2D eigenvalue weighted by molar-refractivity contribution is 5.38. The lowest BCUT2D eigenvalue weighted by Gasteiger charge is -2.31. The van der Waals surface area contributed by atoms with E-state index in [4.69, 9.17) is 4.74 Å². The van der Waals surface area contributed by atoms with Crippen molar-refractivity contribution in [2.75, 3.05) is 7.11 Å². The molecule has 2 nitrogen and oxygen atoms in total. The van der Waals surface area contributed by atoms with E-state index in [0.29, 0.717) is 5.92 Å². The van der Waals surface area contributed by atoms with E-state index in [-0.39, 0.29) is 6.10 Å². The number of aliphatic hydroxyl groups is 1. The van der Waals surface area contributed by atoms with Crippen LogP contribution >= 0.6 is 0 Å². The number of rotatable bonds is 3. The molecular weight excluding hydrogens is 224 g/mol. The van der Waals surface area contributed by atoms with Gasteiger partial charge in [-0.15, -0.1) is 0 Å². The van der Waals surface area contributed by atoms with Crippen LogP contribution in [0.2, 0.25) is 0 Å². The Bertz CT molecular complexity index is 400. The summed E-state index contributed by atoms with van der Waals surface area (Å²) >= 11 is 0. The summed E-state index contributed by atoms with van der Waals surface area (Å²) in [7, 11) is 1.68. The Morgan fingerprint density at radius 3 is 2.78 bits per heavy atom. The van der Waals surface area contributed by atoms with Gasteiger partial charge < -0.3 is 9.84 Å². The van der Waals surface area contributed by atoms with Gasteiger partial charge in [0.1, 0.15) is 5.75 Å². The molecule has 100 valence electrons. The molecular formula is C16H24O2. The third-order valence-electron chi connectivity index (χ3n) is 4.13. The molecule has 1 aliphatic rings. The van der Waals surface area contributed by atoms with Gasteiger partial charge in [-0.2, -0.15) is 0 Å². The fraction of sp³-hybridized carbons (Fsp3) is 0.625. The fourth-order valence-corrected chi connectivity index (χ4v) is 3.08. The molecule has 0 aromatic heterocycles. The molecule has 0 amide bonds. The van der Waals surface area contributed by atoms with Crippen molar-refractivity contribution in [2.45, 2.75) is 45.6 Å². The molecule has 0 radical (unpaired) electrons. The zero-order chi connectivity index (χ0) is 13.1. The predicted molar refractivity (Wildman–Crippen MR) is 73.8 cm³/mol.